The highest BCUT2D eigenvalue weighted by Crippen LogP contribution is 2.43. The first-order valence-electron chi connectivity index (χ1n) is 12.5. The first-order valence-corrected chi connectivity index (χ1v) is 12.5. The molecule has 1 fully saturated rings. The number of benzene rings is 1. The molecule has 0 radical (unpaired) electrons. The standard InChI is InChI=1S/C27H27FN6O2/c1-32-14-19(25(28)31-32)23-21-16-7-5-15(6-8-16)4-3-11-36-18-10-9-17(12-18)34-24-20(33(2)27(34)35)13-29-26(30-23)22(21)24/h5-8,13-14,17-18H,3-4,9-12H2,1-2H3,(H,29,30). The number of aryl methyl sites for hydroxylation is 3. The van der Waals surface area contributed by atoms with E-state index in [-0.39, 0.29) is 17.8 Å². The summed E-state index contributed by atoms with van der Waals surface area (Å²) >= 11 is 0. The number of ether oxygens (including phenoxy) is 1. The van der Waals surface area contributed by atoms with Gasteiger partial charge < -0.3 is 9.72 Å². The molecule has 2 atom stereocenters. The third-order valence-corrected chi connectivity index (χ3v) is 7.85. The summed E-state index contributed by atoms with van der Waals surface area (Å²) in [7, 11) is 3.49. The van der Waals surface area contributed by atoms with Gasteiger partial charge in [0.25, 0.3) is 0 Å². The van der Waals surface area contributed by atoms with Gasteiger partial charge in [-0.05, 0) is 43.2 Å². The van der Waals surface area contributed by atoms with E-state index < -0.39 is 5.95 Å². The summed E-state index contributed by atoms with van der Waals surface area (Å²) in [6, 6.07) is 8.42. The van der Waals surface area contributed by atoms with E-state index in [1.165, 1.54) is 10.2 Å². The molecule has 5 aromatic rings. The molecule has 3 aliphatic rings. The number of rotatable bonds is 1. The topological polar surface area (TPSA) is 82.7 Å². The molecule has 36 heavy (non-hydrogen) atoms. The zero-order chi connectivity index (χ0) is 24.6. The van der Waals surface area contributed by atoms with Crippen LogP contribution in [0.15, 0.2) is 41.5 Å². The van der Waals surface area contributed by atoms with Crippen molar-refractivity contribution in [2.45, 2.75) is 44.2 Å². The minimum absolute atomic E-state index is 0.0324. The average Bonchev–Trinajstić information content (AvgIpc) is 3.61. The van der Waals surface area contributed by atoms with Gasteiger partial charge in [-0.25, -0.2) is 9.78 Å². The predicted octanol–water partition coefficient (Wildman–Crippen LogP) is 4.48. The number of hydrogen-bond acceptors (Lipinski definition) is 4. The largest absolute Gasteiger partial charge is 0.378 e. The van der Waals surface area contributed by atoms with E-state index in [1.807, 2.05) is 4.57 Å². The van der Waals surface area contributed by atoms with Crippen LogP contribution in [0.1, 0.15) is 37.3 Å². The fraction of sp³-hybridized carbons (Fsp3) is 0.370. The minimum Gasteiger partial charge on any atom is -0.378 e. The Morgan fingerprint density at radius 3 is 2.78 bits per heavy atom. The van der Waals surface area contributed by atoms with Gasteiger partial charge in [0.15, 0.2) is 0 Å². The summed E-state index contributed by atoms with van der Waals surface area (Å²) in [4.78, 5) is 21.7. The number of nitrogens with one attached hydrogen (secondary N) is 1. The summed E-state index contributed by atoms with van der Waals surface area (Å²) in [5.74, 6) is -0.551. The van der Waals surface area contributed by atoms with E-state index in [0.717, 1.165) is 59.7 Å². The van der Waals surface area contributed by atoms with Crippen LogP contribution in [0.25, 0.3) is 44.5 Å². The van der Waals surface area contributed by atoms with Crippen LogP contribution in [0.3, 0.4) is 0 Å². The lowest BCUT2D eigenvalue weighted by Gasteiger charge is -2.14. The van der Waals surface area contributed by atoms with E-state index in [2.05, 4.69) is 34.3 Å². The van der Waals surface area contributed by atoms with E-state index in [4.69, 9.17) is 9.72 Å². The van der Waals surface area contributed by atoms with Gasteiger partial charge in [0.1, 0.15) is 5.65 Å². The molecule has 2 aliphatic heterocycles. The Bertz CT molecular complexity index is 1690. The van der Waals surface area contributed by atoms with Crippen molar-refractivity contribution in [3.05, 3.63) is 58.7 Å². The second kappa shape index (κ2) is 7.89. The van der Waals surface area contributed by atoms with Crippen LogP contribution in [0.2, 0.25) is 0 Å². The first kappa shape index (κ1) is 21.6. The molecule has 0 amide bonds. The molecule has 8 nitrogen and oxygen atoms in total. The Kier molecular flexibility index (Phi) is 4.73. The van der Waals surface area contributed by atoms with Crippen LogP contribution in [0.5, 0.6) is 0 Å². The Hall–Kier alpha value is -3.72. The van der Waals surface area contributed by atoms with Crippen molar-refractivity contribution in [3.8, 4) is 22.4 Å². The predicted molar refractivity (Wildman–Crippen MR) is 135 cm³/mol. The molecule has 4 aromatic heterocycles. The Labute approximate surface area is 206 Å². The Morgan fingerprint density at radius 1 is 1.17 bits per heavy atom. The van der Waals surface area contributed by atoms with Crippen molar-refractivity contribution >= 4 is 22.1 Å². The van der Waals surface area contributed by atoms with Gasteiger partial charge in [0.05, 0.1) is 40.0 Å². The number of fused-ring (bicyclic) bond motifs is 5. The van der Waals surface area contributed by atoms with Crippen LogP contribution in [0, 0.1) is 5.95 Å². The normalized spacial score (nSPS) is 20.0. The van der Waals surface area contributed by atoms with Crippen molar-refractivity contribution in [1.82, 2.24) is 28.9 Å². The zero-order valence-corrected chi connectivity index (χ0v) is 20.3. The highest BCUT2D eigenvalue weighted by molar-refractivity contribution is 6.14. The molecule has 4 bridgehead atoms. The van der Waals surface area contributed by atoms with Crippen LogP contribution >= 0.6 is 0 Å². The second-order valence-corrected chi connectivity index (χ2v) is 10.1. The summed E-state index contributed by atoms with van der Waals surface area (Å²) in [6.07, 6.45) is 8.05. The fourth-order valence-electron chi connectivity index (χ4n) is 6.10. The monoisotopic (exact) mass is 486 g/mol. The van der Waals surface area contributed by atoms with Gasteiger partial charge in [-0.3, -0.25) is 13.8 Å². The molecule has 0 saturated heterocycles. The molecule has 8 rings (SSSR count). The zero-order valence-electron chi connectivity index (χ0n) is 20.3. The maximum absolute atomic E-state index is 15.0. The number of halogens is 1. The van der Waals surface area contributed by atoms with Crippen LogP contribution in [-0.2, 0) is 25.3 Å². The van der Waals surface area contributed by atoms with Crippen LogP contribution < -0.4 is 5.69 Å². The number of nitrogens with zero attached hydrogens (tertiary/aromatic N) is 5. The van der Waals surface area contributed by atoms with Crippen molar-refractivity contribution in [1.29, 1.82) is 0 Å². The number of aromatic amines is 1. The van der Waals surface area contributed by atoms with Crippen molar-refractivity contribution in [3.63, 3.8) is 0 Å². The molecule has 1 N–H and O–H groups in total. The van der Waals surface area contributed by atoms with Gasteiger partial charge in [0, 0.05) is 38.5 Å². The van der Waals surface area contributed by atoms with Gasteiger partial charge in [0.2, 0.25) is 5.95 Å². The summed E-state index contributed by atoms with van der Waals surface area (Å²) < 4.78 is 26.3. The molecule has 1 aliphatic carbocycles. The Balaban J connectivity index is 1.62. The maximum atomic E-state index is 15.0. The molecule has 0 spiro atoms. The van der Waals surface area contributed by atoms with Gasteiger partial charge in [-0.15, -0.1) is 5.10 Å². The van der Waals surface area contributed by atoms with E-state index in [0.29, 0.717) is 23.5 Å². The highest BCUT2D eigenvalue weighted by atomic mass is 19.1. The molecular formula is C27H27FN6O2. The summed E-state index contributed by atoms with van der Waals surface area (Å²) in [5, 5.41) is 4.77. The maximum Gasteiger partial charge on any atom is 0.329 e. The third kappa shape index (κ3) is 3.12. The van der Waals surface area contributed by atoms with Gasteiger partial charge in [-0.1, -0.05) is 24.3 Å². The SMILES string of the molecule is Cn1cc(-c2[nH]c3ncc4c5c3c2-c2ccc(cc2)CCCOC2CCC(C2)n5c(=O)n4C)c(F)n1. The molecule has 1 saturated carbocycles. The smallest absolute Gasteiger partial charge is 0.329 e. The first-order chi connectivity index (χ1) is 17.5. The van der Waals surface area contributed by atoms with Crippen LogP contribution in [0.4, 0.5) is 4.39 Å². The van der Waals surface area contributed by atoms with Crippen molar-refractivity contribution in [2.24, 2.45) is 14.1 Å². The Morgan fingerprint density at radius 2 is 2.00 bits per heavy atom. The van der Waals surface area contributed by atoms with Crippen molar-refractivity contribution in [2.75, 3.05) is 6.61 Å². The van der Waals surface area contributed by atoms with Crippen LogP contribution in [-0.4, -0.2) is 41.6 Å². The average molecular weight is 487 g/mol. The van der Waals surface area contributed by atoms with E-state index >= 15 is 0 Å². The molecule has 9 heteroatoms. The number of pyridine rings is 1. The fourth-order valence-corrected chi connectivity index (χ4v) is 6.10. The lowest BCUT2D eigenvalue weighted by molar-refractivity contribution is 0.0545. The molecule has 2 unspecified atom stereocenters. The number of hydrogen-bond donors (Lipinski definition) is 1. The number of aromatic nitrogens is 6. The molecule has 6 heterocycles. The minimum atomic E-state index is -0.551. The summed E-state index contributed by atoms with van der Waals surface area (Å²) in [6.45, 7) is 0.711. The molecule has 1 aromatic carbocycles. The van der Waals surface area contributed by atoms with Gasteiger partial charge in [-0.2, -0.15) is 4.39 Å². The van der Waals surface area contributed by atoms with Gasteiger partial charge >= 0.3 is 5.69 Å². The lowest BCUT2D eigenvalue weighted by atomic mass is 9.97. The quantitative estimate of drug-likeness (QED) is 0.379. The third-order valence-electron chi connectivity index (χ3n) is 7.85. The lowest BCUT2D eigenvalue weighted by Crippen LogP contribution is -2.25. The molecule has 184 valence electrons. The number of H-pyrrole nitrogens is 1. The van der Waals surface area contributed by atoms with E-state index in [9.17, 15) is 9.18 Å². The summed E-state index contributed by atoms with van der Waals surface area (Å²) in [5.41, 5.74) is 6.14. The molecular weight excluding hydrogens is 459 g/mol. The highest BCUT2D eigenvalue weighted by Gasteiger charge is 2.32. The van der Waals surface area contributed by atoms with E-state index in [1.54, 1.807) is 31.1 Å². The van der Waals surface area contributed by atoms with Crippen molar-refractivity contribution < 1.29 is 9.13 Å². The second-order valence-electron chi connectivity index (χ2n) is 10.1. The number of imidazole rings is 1.